The molecule has 0 fully saturated rings. The van der Waals surface area contributed by atoms with Crippen LogP contribution in [0, 0.1) is 6.92 Å². The van der Waals surface area contributed by atoms with Crippen LogP contribution in [0.25, 0.3) is 0 Å². The number of carbonyl (C=O) groups is 1. The summed E-state index contributed by atoms with van der Waals surface area (Å²) >= 11 is 0. The molecule has 2 aromatic rings. The van der Waals surface area contributed by atoms with Crippen LogP contribution >= 0.6 is 0 Å². The van der Waals surface area contributed by atoms with Crippen molar-refractivity contribution in [2.24, 2.45) is 0 Å². The van der Waals surface area contributed by atoms with Crippen LogP contribution in [0.3, 0.4) is 0 Å². The van der Waals surface area contributed by atoms with Gasteiger partial charge in [-0.2, -0.15) is 4.31 Å². The van der Waals surface area contributed by atoms with Gasteiger partial charge in [0.05, 0.1) is 11.4 Å². The molecular formula is C17H17NO3S. The van der Waals surface area contributed by atoms with E-state index in [1.165, 1.54) is 4.31 Å². The number of hydrogen-bond donors (Lipinski definition) is 0. The minimum Gasteiger partial charge on any atom is -0.293 e. The van der Waals surface area contributed by atoms with Crippen LogP contribution in [0.15, 0.2) is 53.4 Å². The van der Waals surface area contributed by atoms with E-state index in [0.717, 1.165) is 11.1 Å². The number of rotatable bonds is 2. The molecule has 5 heteroatoms. The summed E-state index contributed by atoms with van der Waals surface area (Å²) in [5, 5.41) is 0. The molecule has 0 saturated heterocycles. The number of ketones is 1. The number of aryl methyl sites for hydroxylation is 1. The van der Waals surface area contributed by atoms with Gasteiger partial charge < -0.3 is 0 Å². The minimum atomic E-state index is -3.69. The monoisotopic (exact) mass is 315 g/mol. The van der Waals surface area contributed by atoms with Crippen molar-refractivity contribution in [2.75, 3.05) is 6.54 Å². The molecule has 0 saturated carbocycles. The van der Waals surface area contributed by atoms with Crippen molar-refractivity contribution in [3.05, 3.63) is 65.2 Å². The molecule has 2 aromatic carbocycles. The van der Waals surface area contributed by atoms with Crippen LogP contribution in [0.1, 0.15) is 34.5 Å². The zero-order valence-corrected chi connectivity index (χ0v) is 13.3. The fourth-order valence-electron chi connectivity index (χ4n) is 2.77. The molecule has 1 heterocycles. The molecule has 114 valence electrons. The van der Waals surface area contributed by atoms with Crippen LogP contribution in [-0.2, 0) is 10.0 Å². The predicted molar refractivity (Wildman–Crippen MR) is 84.3 cm³/mol. The predicted octanol–water partition coefficient (Wildman–Crippen LogP) is 2.94. The van der Waals surface area contributed by atoms with Crippen molar-refractivity contribution in [2.45, 2.75) is 24.8 Å². The Bertz CT molecular complexity index is 825. The average molecular weight is 315 g/mol. The fourth-order valence-corrected chi connectivity index (χ4v) is 4.34. The summed E-state index contributed by atoms with van der Waals surface area (Å²) in [6, 6.07) is 13.5. The third-order valence-electron chi connectivity index (χ3n) is 4.07. The smallest absolute Gasteiger partial charge is 0.244 e. The Labute approximate surface area is 130 Å². The molecule has 4 nitrogen and oxygen atoms in total. The van der Waals surface area contributed by atoms with Gasteiger partial charge in [-0.05, 0) is 31.5 Å². The lowest BCUT2D eigenvalue weighted by atomic mass is 9.95. The van der Waals surface area contributed by atoms with Crippen LogP contribution in [0.4, 0.5) is 0 Å². The first-order valence-electron chi connectivity index (χ1n) is 7.12. The van der Waals surface area contributed by atoms with E-state index in [1.54, 1.807) is 36.4 Å². The summed E-state index contributed by atoms with van der Waals surface area (Å²) < 4.78 is 27.0. The lowest BCUT2D eigenvalue weighted by Gasteiger charge is -2.33. The van der Waals surface area contributed by atoms with E-state index in [1.807, 2.05) is 26.0 Å². The van der Waals surface area contributed by atoms with E-state index in [4.69, 9.17) is 0 Å². The first kappa shape index (κ1) is 14.9. The molecule has 0 bridgehead atoms. The SMILES string of the molecule is Cc1ccc(S(=O)(=O)N2CC(=O)c3ccccc3[C@@H]2C)cc1. The van der Waals surface area contributed by atoms with Gasteiger partial charge in [0.15, 0.2) is 5.78 Å². The maximum atomic E-state index is 12.8. The zero-order chi connectivity index (χ0) is 15.9. The van der Waals surface area contributed by atoms with Gasteiger partial charge in [-0.3, -0.25) is 4.79 Å². The topological polar surface area (TPSA) is 54.5 Å². The Hall–Kier alpha value is -1.98. The standard InChI is InChI=1S/C17H17NO3S/c1-12-7-9-14(10-8-12)22(20,21)18-11-17(19)16-6-4-3-5-15(16)13(18)2/h3-10,13H,11H2,1-2H3/t13-/m0/s1. The van der Waals surface area contributed by atoms with Crippen LogP contribution < -0.4 is 0 Å². The second-order valence-electron chi connectivity index (χ2n) is 5.55. The highest BCUT2D eigenvalue weighted by Gasteiger charge is 2.37. The first-order chi connectivity index (χ1) is 10.4. The largest absolute Gasteiger partial charge is 0.293 e. The van der Waals surface area contributed by atoms with Crippen molar-refractivity contribution >= 4 is 15.8 Å². The number of nitrogens with zero attached hydrogens (tertiary/aromatic N) is 1. The van der Waals surface area contributed by atoms with Gasteiger partial charge in [-0.15, -0.1) is 0 Å². The molecular weight excluding hydrogens is 298 g/mol. The van der Waals surface area contributed by atoms with Crippen molar-refractivity contribution in [3.8, 4) is 0 Å². The molecule has 1 aliphatic heterocycles. The van der Waals surface area contributed by atoms with Gasteiger partial charge in [-0.25, -0.2) is 8.42 Å². The Kier molecular flexibility index (Phi) is 3.62. The first-order valence-corrected chi connectivity index (χ1v) is 8.56. The average Bonchev–Trinajstić information content (AvgIpc) is 2.51. The Morgan fingerprint density at radius 3 is 2.36 bits per heavy atom. The van der Waals surface area contributed by atoms with E-state index < -0.39 is 10.0 Å². The Morgan fingerprint density at radius 2 is 1.68 bits per heavy atom. The quantitative estimate of drug-likeness (QED) is 0.856. The normalized spacial score (nSPS) is 19.0. The molecule has 0 radical (unpaired) electrons. The fraction of sp³-hybridized carbons (Fsp3) is 0.235. The van der Waals surface area contributed by atoms with E-state index in [9.17, 15) is 13.2 Å². The van der Waals surface area contributed by atoms with Crippen molar-refractivity contribution in [1.82, 2.24) is 4.31 Å². The maximum absolute atomic E-state index is 12.8. The highest BCUT2D eigenvalue weighted by molar-refractivity contribution is 7.89. The number of hydrogen-bond acceptors (Lipinski definition) is 3. The highest BCUT2D eigenvalue weighted by Crippen LogP contribution is 2.33. The highest BCUT2D eigenvalue weighted by atomic mass is 32.2. The molecule has 1 atom stereocenters. The van der Waals surface area contributed by atoms with Crippen molar-refractivity contribution < 1.29 is 13.2 Å². The zero-order valence-electron chi connectivity index (χ0n) is 12.5. The maximum Gasteiger partial charge on any atom is 0.244 e. The number of sulfonamides is 1. The summed E-state index contributed by atoms with van der Waals surface area (Å²) in [5.41, 5.74) is 2.37. The number of benzene rings is 2. The van der Waals surface area contributed by atoms with Gasteiger partial charge in [-0.1, -0.05) is 42.0 Å². The lowest BCUT2D eigenvalue weighted by Crippen LogP contribution is -2.41. The van der Waals surface area contributed by atoms with Gasteiger partial charge in [0.1, 0.15) is 0 Å². The Morgan fingerprint density at radius 1 is 1.05 bits per heavy atom. The molecule has 22 heavy (non-hydrogen) atoms. The number of carbonyl (C=O) groups excluding carboxylic acids is 1. The number of fused-ring (bicyclic) bond motifs is 1. The summed E-state index contributed by atoms with van der Waals surface area (Å²) in [5.74, 6) is -0.163. The minimum absolute atomic E-state index is 0.117. The van der Waals surface area contributed by atoms with E-state index in [-0.39, 0.29) is 23.3 Å². The van der Waals surface area contributed by atoms with Crippen LogP contribution in [0.2, 0.25) is 0 Å². The molecule has 0 spiro atoms. The third kappa shape index (κ3) is 2.36. The van der Waals surface area contributed by atoms with Crippen molar-refractivity contribution in [3.63, 3.8) is 0 Å². The van der Waals surface area contributed by atoms with Gasteiger partial charge >= 0.3 is 0 Å². The molecule has 1 aliphatic rings. The van der Waals surface area contributed by atoms with Crippen molar-refractivity contribution in [1.29, 1.82) is 0 Å². The van der Waals surface area contributed by atoms with Gasteiger partial charge in [0.2, 0.25) is 10.0 Å². The van der Waals surface area contributed by atoms with Crippen LogP contribution in [-0.4, -0.2) is 25.1 Å². The van der Waals surface area contributed by atoms with E-state index in [0.29, 0.717) is 5.56 Å². The molecule has 0 amide bonds. The van der Waals surface area contributed by atoms with Crippen LogP contribution in [0.5, 0.6) is 0 Å². The second kappa shape index (κ2) is 5.34. The van der Waals surface area contributed by atoms with Gasteiger partial charge in [0.25, 0.3) is 0 Å². The summed E-state index contributed by atoms with van der Waals surface area (Å²) in [6.45, 7) is 3.60. The third-order valence-corrected chi connectivity index (χ3v) is 6.00. The molecule has 0 unspecified atom stereocenters. The molecule has 0 N–H and O–H groups in total. The molecule has 3 rings (SSSR count). The molecule has 0 aliphatic carbocycles. The van der Waals surface area contributed by atoms with E-state index >= 15 is 0 Å². The second-order valence-corrected chi connectivity index (χ2v) is 7.44. The number of Topliss-reactive ketones (excluding diaryl/α,β-unsaturated/α-hetero) is 1. The summed E-state index contributed by atoms with van der Waals surface area (Å²) in [4.78, 5) is 12.5. The Balaban J connectivity index is 2.06. The summed E-state index contributed by atoms with van der Waals surface area (Å²) in [7, 11) is -3.69. The van der Waals surface area contributed by atoms with E-state index in [2.05, 4.69) is 0 Å². The molecule has 0 aromatic heterocycles. The lowest BCUT2D eigenvalue weighted by molar-refractivity contribution is 0.0934. The summed E-state index contributed by atoms with van der Waals surface area (Å²) in [6.07, 6.45) is 0. The van der Waals surface area contributed by atoms with Gasteiger partial charge in [0, 0.05) is 11.6 Å².